The maximum Gasteiger partial charge on any atom is 0.0540 e. The molecule has 0 amide bonds. The second kappa shape index (κ2) is 12.7. The SMILES string of the molecule is c1ccc(-c2ccc3c(c2)c2ccccc2c2ccccc2c2cc(-c4ccccc4)ccc2n3-c2ccc3c4ccccc4c4ccccc4c3c2)cc1. The van der Waals surface area contributed by atoms with Crippen LogP contribution in [0.15, 0.2) is 212 Å². The minimum atomic E-state index is 1.12. The molecule has 0 atom stereocenters. The normalized spacial score (nSPS) is 11.6. The highest BCUT2D eigenvalue weighted by Crippen LogP contribution is 2.40. The third kappa shape index (κ3) is 5.09. The molecule has 0 fully saturated rings. The Morgan fingerprint density at radius 2 is 0.527 bits per heavy atom. The zero-order valence-electron chi connectivity index (χ0n) is 30.2. The predicted octanol–water partition coefficient (Wildman–Crippen LogP) is 15.0. The van der Waals surface area contributed by atoms with Crippen LogP contribution in [0.5, 0.6) is 0 Å². The molecule has 0 aliphatic carbocycles. The molecule has 10 aromatic carbocycles. The average molecular weight is 698 g/mol. The van der Waals surface area contributed by atoms with Crippen molar-refractivity contribution in [3.05, 3.63) is 212 Å². The summed E-state index contributed by atoms with van der Waals surface area (Å²) in [5.41, 5.74) is 8.18. The van der Waals surface area contributed by atoms with Crippen molar-refractivity contribution in [1.29, 1.82) is 0 Å². The largest absolute Gasteiger partial charge is 0.309 e. The number of fused-ring (bicyclic) bond motifs is 13. The highest BCUT2D eigenvalue weighted by molar-refractivity contribution is 6.26. The highest BCUT2D eigenvalue weighted by Gasteiger charge is 2.15. The summed E-state index contributed by atoms with van der Waals surface area (Å²) in [5, 5.41) is 14.8. The molecule has 1 heteroatoms. The van der Waals surface area contributed by atoms with Crippen molar-refractivity contribution in [2.45, 2.75) is 0 Å². The van der Waals surface area contributed by atoms with Crippen LogP contribution < -0.4 is 0 Å². The quantitative estimate of drug-likeness (QED) is 0.162. The topological polar surface area (TPSA) is 4.93 Å². The molecule has 1 heterocycles. The van der Waals surface area contributed by atoms with Crippen LogP contribution >= 0.6 is 0 Å². The van der Waals surface area contributed by atoms with Crippen LogP contribution in [0.1, 0.15) is 0 Å². The van der Waals surface area contributed by atoms with Gasteiger partial charge >= 0.3 is 0 Å². The van der Waals surface area contributed by atoms with Gasteiger partial charge in [0.05, 0.1) is 11.0 Å². The third-order valence-corrected chi connectivity index (χ3v) is 11.4. The highest BCUT2D eigenvalue weighted by atomic mass is 15.0. The molecule has 1 nitrogen and oxygen atoms in total. The van der Waals surface area contributed by atoms with E-state index in [1.807, 2.05) is 0 Å². The first kappa shape index (κ1) is 31.3. The van der Waals surface area contributed by atoms with E-state index >= 15 is 0 Å². The molecular formula is C54H35N. The van der Waals surface area contributed by atoms with Gasteiger partial charge in [-0.15, -0.1) is 0 Å². The lowest BCUT2D eigenvalue weighted by Crippen LogP contribution is -1.99. The number of nitrogens with zero attached hydrogens (tertiary/aromatic N) is 1. The van der Waals surface area contributed by atoms with Gasteiger partial charge < -0.3 is 4.57 Å². The van der Waals surface area contributed by atoms with Gasteiger partial charge in [0.2, 0.25) is 0 Å². The Labute approximate surface area is 319 Å². The van der Waals surface area contributed by atoms with Crippen LogP contribution in [0.4, 0.5) is 0 Å². The second-order valence-electron chi connectivity index (χ2n) is 14.4. The molecule has 1 aromatic heterocycles. The zero-order valence-corrected chi connectivity index (χ0v) is 30.2. The summed E-state index contributed by atoms with van der Waals surface area (Å²) in [6.07, 6.45) is 0. The van der Waals surface area contributed by atoms with Crippen LogP contribution in [0.2, 0.25) is 0 Å². The zero-order chi connectivity index (χ0) is 36.3. The van der Waals surface area contributed by atoms with Crippen molar-refractivity contribution >= 4 is 75.7 Å². The van der Waals surface area contributed by atoms with Crippen molar-refractivity contribution in [1.82, 2.24) is 4.57 Å². The second-order valence-corrected chi connectivity index (χ2v) is 14.4. The lowest BCUT2D eigenvalue weighted by atomic mass is 9.94. The minimum Gasteiger partial charge on any atom is -0.309 e. The van der Waals surface area contributed by atoms with Gasteiger partial charge in [-0.25, -0.2) is 0 Å². The average Bonchev–Trinajstić information content (AvgIpc) is 3.31. The van der Waals surface area contributed by atoms with Crippen molar-refractivity contribution in [3.63, 3.8) is 0 Å². The van der Waals surface area contributed by atoms with Crippen molar-refractivity contribution in [2.24, 2.45) is 0 Å². The molecule has 0 radical (unpaired) electrons. The standard InChI is InChI=1S/C54H35N/c1-3-15-36(16-4-1)38-27-31-53-51(33-38)47-25-13-10-21-43(47)44-22-11-14-26-48(44)52-34-39(37-17-5-2-6-18-37)28-32-54(52)55(53)40-29-30-49-45-23-8-7-19-41(45)42-20-9-12-24-46(42)50(49)35-40/h1-35H. The first-order valence-corrected chi connectivity index (χ1v) is 19.0. The summed E-state index contributed by atoms with van der Waals surface area (Å²) in [6, 6.07) is 78.1. The minimum absolute atomic E-state index is 1.12. The maximum atomic E-state index is 2.51. The Bertz CT molecular complexity index is 3170. The Morgan fingerprint density at radius 1 is 0.200 bits per heavy atom. The van der Waals surface area contributed by atoms with E-state index in [1.54, 1.807) is 0 Å². The summed E-state index contributed by atoms with van der Waals surface area (Å²) in [4.78, 5) is 0. The van der Waals surface area contributed by atoms with Gasteiger partial charge in [0.25, 0.3) is 0 Å². The first-order valence-electron chi connectivity index (χ1n) is 19.0. The van der Waals surface area contributed by atoms with Gasteiger partial charge in [-0.2, -0.15) is 0 Å². The Balaban J connectivity index is 1.38. The molecule has 0 aliphatic rings. The molecule has 55 heavy (non-hydrogen) atoms. The van der Waals surface area contributed by atoms with Gasteiger partial charge in [0.1, 0.15) is 0 Å². The number of hydrogen-bond acceptors (Lipinski definition) is 0. The van der Waals surface area contributed by atoms with Crippen molar-refractivity contribution in [3.8, 4) is 27.9 Å². The Morgan fingerprint density at radius 3 is 0.927 bits per heavy atom. The molecule has 0 bridgehead atoms. The lowest BCUT2D eigenvalue weighted by Gasteiger charge is -2.17. The number of hydrogen-bond donors (Lipinski definition) is 0. The van der Waals surface area contributed by atoms with Crippen LogP contribution in [-0.2, 0) is 0 Å². The van der Waals surface area contributed by atoms with E-state index < -0.39 is 0 Å². The molecule has 11 aromatic rings. The molecule has 0 saturated carbocycles. The molecular weight excluding hydrogens is 663 g/mol. The summed E-state index contributed by atoms with van der Waals surface area (Å²) >= 11 is 0. The van der Waals surface area contributed by atoms with Gasteiger partial charge in [-0.05, 0) is 113 Å². The van der Waals surface area contributed by atoms with Gasteiger partial charge in [0.15, 0.2) is 0 Å². The molecule has 0 aliphatic heterocycles. The lowest BCUT2D eigenvalue weighted by molar-refractivity contribution is 1.18. The molecule has 11 rings (SSSR count). The van der Waals surface area contributed by atoms with Crippen LogP contribution in [-0.4, -0.2) is 4.57 Å². The Hall–Kier alpha value is -7.22. The number of benzene rings is 10. The number of rotatable bonds is 3. The van der Waals surface area contributed by atoms with E-state index in [0.717, 1.165) is 16.7 Å². The third-order valence-electron chi connectivity index (χ3n) is 11.4. The van der Waals surface area contributed by atoms with Gasteiger partial charge in [-0.1, -0.05) is 176 Å². The van der Waals surface area contributed by atoms with E-state index in [-0.39, 0.29) is 0 Å². The van der Waals surface area contributed by atoms with Gasteiger partial charge in [0, 0.05) is 16.5 Å². The fourth-order valence-corrected chi connectivity index (χ4v) is 8.86. The van der Waals surface area contributed by atoms with Crippen LogP contribution in [0.25, 0.3) is 104 Å². The smallest absolute Gasteiger partial charge is 0.0540 e. The van der Waals surface area contributed by atoms with Gasteiger partial charge in [-0.3, -0.25) is 0 Å². The molecule has 0 spiro atoms. The van der Waals surface area contributed by atoms with E-state index in [0.29, 0.717) is 0 Å². The molecule has 0 unspecified atom stereocenters. The predicted molar refractivity (Wildman–Crippen MR) is 237 cm³/mol. The summed E-state index contributed by atoms with van der Waals surface area (Å²) < 4.78 is 2.51. The van der Waals surface area contributed by atoms with E-state index in [9.17, 15) is 0 Å². The van der Waals surface area contributed by atoms with Crippen molar-refractivity contribution < 1.29 is 0 Å². The first-order chi connectivity index (χ1) is 27.3. The van der Waals surface area contributed by atoms with E-state index in [1.165, 1.54) is 86.9 Å². The summed E-state index contributed by atoms with van der Waals surface area (Å²) in [6.45, 7) is 0. The summed E-state index contributed by atoms with van der Waals surface area (Å²) in [7, 11) is 0. The van der Waals surface area contributed by atoms with Crippen LogP contribution in [0.3, 0.4) is 0 Å². The van der Waals surface area contributed by atoms with E-state index in [4.69, 9.17) is 0 Å². The number of aromatic nitrogens is 1. The fraction of sp³-hybridized carbons (Fsp3) is 0. The fourth-order valence-electron chi connectivity index (χ4n) is 8.86. The summed E-state index contributed by atoms with van der Waals surface area (Å²) in [5.74, 6) is 0. The molecule has 0 saturated heterocycles. The van der Waals surface area contributed by atoms with E-state index in [2.05, 4.69) is 217 Å². The Kier molecular flexibility index (Phi) is 7.25. The monoisotopic (exact) mass is 697 g/mol. The maximum absolute atomic E-state index is 2.51. The van der Waals surface area contributed by atoms with Crippen molar-refractivity contribution in [2.75, 3.05) is 0 Å². The molecule has 256 valence electrons. The van der Waals surface area contributed by atoms with Crippen LogP contribution in [0, 0.1) is 0 Å². The molecule has 0 N–H and O–H groups in total.